The van der Waals surface area contributed by atoms with Gasteiger partial charge >= 0.3 is 5.69 Å². The second-order valence-corrected chi connectivity index (χ2v) is 5.14. The maximum Gasteiger partial charge on any atom is 0.343 e. The zero-order chi connectivity index (χ0) is 14.5. The summed E-state index contributed by atoms with van der Waals surface area (Å²) in [5, 5.41) is 7.16. The molecule has 0 fully saturated rings. The number of rotatable bonds is 6. The molecule has 0 bridgehead atoms. The van der Waals surface area contributed by atoms with Crippen molar-refractivity contribution in [2.24, 2.45) is 5.73 Å². The minimum absolute atomic E-state index is 0.183. The summed E-state index contributed by atoms with van der Waals surface area (Å²) >= 11 is 1.49. The molecule has 0 aliphatic carbocycles. The molecule has 2 rings (SSSR count). The van der Waals surface area contributed by atoms with Gasteiger partial charge in [-0.2, -0.15) is 0 Å². The molecule has 0 saturated carbocycles. The summed E-state index contributed by atoms with van der Waals surface area (Å²) in [4.78, 5) is 11.5. The fraction of sp³-hybridized carbons (Fsp3) is 0.385. The van der Waals surface area contributed by atoms with Gasteiger partial charge in [-0.05, 0) is 24.6 Å². The Kier molecular flexibility index (Phi) is 4.86. The number of benzene rings is 1. The van der Waals surface area contributed by atoms with E-state index < -0.39 is 0 Å². The number of ether oxygens (including phenoxy) is 1. The van der Waals surface area contributed by atoms with Crippen molar-refractivity contribution in [3.8, 4) is 5.75 Å². The number of nitrogens with one attached hydrogen (secondary N) is 1. The Bertz CT molecular complexity index is 636. The summed E-state index contributed by atoms with van der Waals surface area (Å²) in [5.74, 6) is 1.48. The van der Waals surface area contributed by atoms with Crippen LogP contribution in [0.2, 0.25) is 0 Å². The molecule has 20 heavy (non-hydrogen) atoms. The third kappa shape index (κ3) is 3.05. The molecule has 2 aromatic rings. The van der Waals surface area contributed by atoms with Crippen LogP contribution >= 0.6 is 11.8 Å². The Morgan fingerprint density at radius 2 is 2.30 bits per heavy atom. The van der Waals surface area contributed by atoms with Gasteiger partial charge in [0.15, 0.2) is 5.16 Å². The maximum atomic E-state index is 11.5. The summed E-state index contributed by atoms with van der Waals surface area (Å²) < 4.78 is 6.95. The van der Waals surface area contributed by atoms with Crippen LogP contribution in [-0.4, -0.2) is 21.9 Å². The standard InChI is InChI=1S/C13H18N4O2S/c1-3-17-12(18)15-16-13(17)20-8-10-6-9(7-14)4-5-11(10)19-2/h4-6H,3,7-8,14H2,1-2H3,(H,15,18). The van der Waals surface area contributed by atoms with Gasteiger partial charge in [0.2, 0.25) is 0 Å². The van der Waals surface area contributed by atoms with Gasteiger partial charge in [0, 0.05) is 24.4 Å². The van der Waals surface area contributed by atoms with E-state index in [2.05, 4.69) is 10.2 Å². The van der Waals surface area contributed by atoms with Crippen molar-refractivity contribution in [2.75, 3.05) is 7.11 Å². The maximum absolute atomic E-state index is 11.5. The Labute approximate surface area is 121 Å². The summed E-state index contributed by atoms with van der Waals surface area (Å²) in [6, 6.07) is 5.88. The number of aromatic amines is 1. The van der Waals surface area contributed by atoms with E-state index in [4.69, 9.17) is 10.5 Å². The lowest BCUT2D eigenvalue weighted by Crippen LogP contribution is -2.16. The second kappa shape index (κ2) is 6.62. The average molecular weight is 294 g/mol. The first-order valence-corrected chi connectivity index (χ1v) is 7.32. The molecule has 0 radical (unpaired) electrons. The highest BCUT2D eigenvalue weighted by atomic mass is 32.2. The molecule has 0 atom stereocenters. The van der Waals surface area contributed by atoms with Crippen LogP contribution in [0, 0.1) is 0 Å². The Hall–Kier alpha value is -1.73. The monoisotopic (exact) mass is 294 g/mol. The van der Waals surface area contributed by atoms with E-state index in [0.717, 1.165) is 16.9 Å². The normalized spacial score (nSPS) is 10.8. The smallest absolute Gasteiger partial charge is 0.343 e. The molecule has 0 spiro atoms. The van der Waals surface area contributed by atoms with Crippen LogP contribution in [0.1, 0.15) is 18.1 Å². The fourth-order valence-electron chi connectivity index (χ4n) is 1.91. The van der Waals surface area contributed by atoms with Crippen molar-refractivity contribution in [2.45, 2.75) is 30.9 Å². The summed E-state index contributed by atoms with van der Waals surface area (Å²) in [5.41, 5.74) is 7.57. The quantitative estimate of drug-likeness (QED) is 0.785. The highest BCUT2D eigenvalue weighted by Gasteiger charge is 2.10. The molecule has 7 heteroatoms. The molecule has 0 aliphatic heterocycles. The highest BCUT2D eigenvalue weighted by molar-refractivity contribution is 7.98. The second-order valence-electron chi connectivity index (χ2n) is 4.19. The molecular formula is C13H18N4O2S. The van der Waals surface area contributed by atoms with E-state index in [-0.39, 0.29) is 5.69 Å². The van der Waals surface area contributed by atoms with Gasteiger partial charge in [0.05, 0.1) is 7.11 Å². The van der Waals surface area contributed by atoms with Crippen LogP contribution < -0.4 is 16.2 Å². The molecule has 6 nitrogen and oxygen atoms in total. The Morgan fingerprint density at radius 3 is 2.95 bits per heavy atom. The first-order chi connectivity index (χ1) is 9.69. The number of H-pyrrole nitrogens is 1. The van der Waals surface area contributed by atoms with E-state index in [1.54, 1.807) is 11.7 Å². The predicted molar refractivity (Wildman–Crippen MR) is 79.0 cm³/mol. The van der Waals surface area contributed by atoms with Gasteiger partial charge in [0.25, 0.3) is 0 Å². The summed E-state index contributed by atoms with van der Waals surface area (Å²) in [7, 11) is 1.64. The zero-order valence-corrected chi connectivity index (χ0v) is 12.4. The van der Waals surface area contributed by atoms with Crippen molar-refractivity contribution in [1.29, 1.82) is 0 Å². The van der Waals surface area contributed by atoms with E-state index in [9.17, 15) is 4.79 Å². The number of nitrogens with two attached hydrogens (primary N) is 1. The van der Waals surface area contributed by atoms with Crippen LogP contribution in [0.3, 0.4) is 0 Å². The fourth-order valence-corrected chi connectivity index (χ4v) is 2.89. The van der Waals surface area contributed by atoms with Gasteiger partial charge in [-0.15, -0.1) is 5.10 Å². The molecule has 0 saturated heterocycles. The summed E-state index contributed by atoms with van der Waals surface area (Å²) in [6.07, 6.45) is 0. The molecule has 1 heterocycles. The first-order valence-electron chi connectivity index (χ1n) is 6.33. The molecule has 0 unspecified atom stereocenters. The van der Waals surface area contributed by atoms with Crippen LogP contribution in [0.4, 0.5) is 0 Å². The SMILES string of the molecule is CCn1c(SCc2cc(CN)ccc2OC)n[nH]c1=O. The lowest BCUT2D eigenvalue weighted by molar-refractivity contribution is 0.411. The van der Waals surface area contributed by atoms with Crippen LogP contribution in [0.5, 0.6) is 5.75 Å². The lowest BCUT2D eigenvalue weighted by atomic mass is 10.1. The molecule has 1 aromatic carbocycles. The van der Waals surface area contributed by atoms with Gasteiger partial charge in [-0.3, -0.25) is 4.57 Å². The van der Waals surface area contributed by atoms with E-state index >= 15 is 0 Å². The Balaban J connectivity index is 2.19. The number of hydrogen-bond donors (Lipinski definition) is 2. The molecule has 0 aliphatic rings. The highest BCUT2D eigenvalue weighted by Crippen LogP contribution is 2.27. The van der Waals surface area contributed by atoms with Crippen molar-refractivity contribution < 1.29 is 4.74 Å². The summed E-state index contributed by atoms with van der Waals surface area (Å²) in [6.45, 7) is 3.00. The van der Waals surface area contributed by atoms with Gasteiger partial charge in [-0.1, -0.05) is 17.8 Å². The van der Waals surface area contributed by atoms with Crippen LogP contribution in [0.15, 0.2) is 28.2 Å². The van der Waals surface area contributed by atoms with Gasteiger partial charge < -0.3 is 10.5 Å². The molecule has 3 N–H and O–H groups in total. The van der Waals surface area contributed by atoms with Crippen LogP contribution in [-0.2, 0) is 18.8 Å². The number of aromatic nitrogens is 3. The van der Waals surface area contributed by atoms with Crippen molar-refractivity contribution in [3.63, 3.8) is 0 Å². The van der Waals surface area contributed by atoms with Gasteiger partial charge in [-0.25, -0.2) is 9.89 Å². The van der Waals surface area contributed by atoms with Crippen molar-refractivity contribution in [1.82, 2.24) is 14.8 Å². The molecule has 0 amide bonds. The first kappa shape index (κ1) is 14.7. The average Bonchev–Trinajstić information content (AvgIpc) is 2.84. The molecular weight excluding hydrogens is 276 g/mol. The van der Waals surface area contributed by atoms with Crippen LogP contribution in [0.25, 0.3) is 0 Å². The minimum Gasteiger partial charge on any atom is -0.496 e. The van der Waals surface area contributed by atoms with Gasteiger partial charge in [0.1, 0.15) is 5.75 Å². The number of methoxy groups -OCH3 is 1. The third-order valence-electron chi connectivity index (χ3n) is 2.98. The van der Waals surface area contributed by atoms with Crippen molar-refractivity contribution in [3.05, 3.63) is 39.8 Å². The molecule has 1 aromatic heterocycles. The lowest BCUT2D eigenvalue weighted by Gasteiger charge is -2.10. The predicted octanol–water partition coefficient (Wildman–Crippen LogP) is 1.35. The van der Waals surface area contributed by atoms with E-state index in [0.29, 0.717) is 24.0 Å². The largest absolute Gasteiger partial charge is 0.496 e. The molecule has 108 valence electrons. The minimum atomic E-state index is -0.183. The number of nitrogens with zero attached hydrogens (tertiary/aromatic N) is 2. The zero-order valence-electron chi connectivity index (χ0n) is 11.5. The third-order valence-corrected chi connectivity index (χ3v) is 4.00. The van der Waals surface area contributed by atoms with E-state index in [1.165, 1.54) is 11.8 Å². The number of hydrogen-bond acceptors (Lipinski definition) is 5. The number of thioether (sulfide) groups is 1. The Morgan fingerprint density at radius 1 is 1.50 bits per heavy atom. The van der Waals surface area contributed by atoms with E-state index in [1.807, 2.05) is 25.1 Å². The van der Waals surface area contributed by atoms with Crippen molar-refractivity contribution >= 4 is 11.8 Å². The topological polar surface area (TPSA) is 85.9 Å².